The second-order valence-electron chi connectivity index (χ2n) is 4.29. The van der Waals surface area contributed by atoms with E-state index in [4.69, 9.17) is 5.73 Å². The molecule has 5 nitrogen and oxygen atoms in total. The fraction of sp³-hybridized carbons (Fsp3) is 0.667. The summed E-state index contributed by atoms with van der Waals surface area (Å²) in [6, 6.07) is 0. The van der Waals surface area contributed by atoms with Gasteiger partial charge in [0.2, 0.25) is 0 Å². The number of rotatable bonds is 4. The summed E-state index contributed by atoms with van der Waals surface area (Å²) < 4.78 is 0. The first kappa shape index (κ1) is 14.5. The monoisotopic (exact) mass is 300 g/mol. The lowest BCUT2D eigenvalue weighted by Crippen LogP contribution is -2.37. The number of carbonyl (C=O) groups excluding carboxylic acids is 1. The number of nitrogen functional groups attached to an aromatic ring is 1. The van der Waals surface area contributed by atoms with Crippen LogP contribution in [0.1, 0.15) is 23.5 Å². The molecule has 0 atom stereocenters. The summed E-state index contributed by atoms with van der Waals surface area (Å²) in [5.41, 5.74) is 5.92. The van der Waals surface area contributed by atoms with Crippen LogP contribution in [-0.4, -0.2) is 53.5 Å². The van der Waals surface area contributed by atoms with Gasteiger partial charge in [0, 0.05) is 37.7 Å². The number of hydrogen-bond acceptors (Lipinski definition) is 6. The van der Waals surface area contributed by atoms with Gasteiger partial charge in [0.25, 0.3) is 5.91 Å². The predicted octanol–water partition coefficient (Wildman–Crippen LogP) is 1.76. The van der Waals surface area contributed by atoms with Crippen LogP contribution < -0.4 is 10.6 Å². The normalized spacial score (nSPS) is 15.6. The van der Waals surface area contributed by atoms with E-state index in [0.29, 0.717) is 10.7 Å². The zero-order valence-corrected chi connectivity index (χ0v) is 13.0. The molecule has 0 spiro atoms. The molecule has 0 bridgehead atoms. The van der Waals surface area contributed by atoms with Gasteiger partial charge in [-0.25, -0.2) is 4.98 Å². The third-order valence-electron chi connectivity index (χ3n) is 3.17. The molecule has 0 radical (unpaired) electrons. The number of hydrogen-bond donors (Lipinski definition) is 1. The number of aromatic nitrogens is 1. The van der Waals surface area contributed by atoms with Gasteiger partial charge in [0.05, 0.1) is 0 Å². The largest absolute Gasteiger partial charge is 0.382 e. The Labute approximate surface area is 122 Å². The maximum atomic E-state index is 12.4. The molecule has 1 aliphatic heterocycles. The molecule has 0 saturated carbocycles. The predicted molar refractivity (Wildman–Crippen MR) is 83.3 cm³/mol. The first-order valence-corrected chi connectivity index (χ1v) is 8.52. The van der Waals surface area contributed by atoms with Crippen molar-refractivity contribution in [1.82, 2.24) is 9.88 Å². The molecule has 2 N–H and O–H groups in total. The minimum atomic E-state index is 0.0358. The Morgan fingerprint density at radius 3 is 2.58 bits per heavy atom. The van der Waals surface area contributed by atoms with Crippen molar-refractivity contribution in [2.45, 2.75) is 13.8 Å². The number of nitrogens with two attached hydrogens (primary N) is 1. The van der Waals surface area contributed by atoms with E-state index < -0.39 is 0 Å². The van der Waals surface area contributed by atoms with Gasteiger partial charge < -0.3 is 15.5 Å². The first-order valence-electron chi connectivity index (χ1n) is 6.55. The van der Waals surface area contributed by atoms with Gasteiger partial charge in [-0.2, -0.15) is 11.8 Å². The average molecular weight is 300 g/mol. The Kier molecular flexibility index (Phi) is 4.93. The molecule has 1 amide bonds. The lowest BCUT2D eigenvalue weighted by atomic mass is 10.4. The molecule has 7 heteroatoms. The topological polar surface area (TPSA) is 62.5 Å². The molecular formula is C12H20N4OS2. The number of thiazole rings is 1. The highest BCUT2D eigenvalue weighted by atomic mass is 32.2. The lowest BCUT2D eigenvalue weighted by Gasteiger charge is -2.25. The standard InChI is InChI=1S/C12H20N4OS2/c1-3-15(4-2)12-14-10(13)9(19-12)11(17)16-5-7-18-8-6-16/h3-8,13H2,1-2H3. The van der Waals surface area contributed by atoms with Crippen molar-refractivity contribution >= 4 is 40.0 Å². The summed E-state index contributed by atoms with van der Waals surface area (Å²) in [5, 5.41) is 0.845. The van der Waals surface area contributed by atoms with E-state index >= 15 is 0 Å². The van der Waals surface area contributed by atoms with Gasteiger partial charge in [-0.1, -0.05) is 11.3 Å². The summed E-state index contributed by atoms with van der Waals surface area (Å²) in [4.78, 5) is 21.3. The van der Waals surface area contributed by atoms with Crippen LogP contribution in [0.5, 0.6) is 0 Å². The third-order valence-corrected chi connectivity index (χ3v) is 5.23. The second-order valence-corrected chi connectivity index (χ2v) is 6.49. The van der Waals surface area contributed by atoms with E-state index in [2.05, 4.69) is 23.7 Å². The van der Waals surface area contributed by atoms with Crippen molar-refractivity contribution in [3.63, 3.8) is 0 Å². The molecule has 2 heterocycles. The van der Waals surface area contributed by atoms with Crippen LogP contribution >= 0.6 is 23.1 Å². The van der Waals surface area contributed by atoms with Gasteiger partial charge in [0.15, 0.2) is 5.13 Å². The van der Waals surface area contributed by atoms with E-state index in [1.54, 1.807) is 0 Å². The summed E-state index contributed by atoms with van der Waals surface area (Å²) in [6.07, 6.45) is 0. The number of thioether (sulfide) groups is 1. The zero-order chi connectivity index (χ0) is 13.8. The summed E-state index contributed by atoms with van der Waals surface area (Å²) in [5.74, 6) is 2.42. The molecule has 1 aromatic rings. The fourth-order valence-electron chi connectivity index (χ4n) is 2.01. The second kappa shape index (κ2) is 6.47. The first-order chi connectivity index (χ1) is 9.17. The Hall–Kier alpha value is -0.950. The van der Waals surface area contributed by atoms with Crippen LogP contribution in [0.2, 0.25) is 0 Å². The number of amides is 1. The molecule has 106 valence electrons. The SMILES string of the molecule is CCN(CC)c1nc(N)c(C(=O)N2CCSCC2)s1. The van der Waals surface area contributed by atoms with Crippen molar-refractivity contribution in [2.75, 3.05) is 48.3 Å². The summed E-state index contributed by atoms with van der Waals surface area (Å²) >= 11 is 3.30. The van der Waals surface area contributed by atoms with Crippen LogP contribution in [0.15, 0.2) is 0 Å². The molecule has 1 saturated heterocycles. The highest BCUT2D eigenvalue weighted by molar-refractivity contribution is 7.99. The van der Waals surface area contributed by atoms with Crippen LogP contribution in [0.3, 0.4) is 0 Å². The fourth-order valence-corrected chi connectivity index (χ4v) is 4.00. The Bertz CT molecular complexity index is 439. The van der Waals surface area contributed by atoms with E-state index in [1.807, 2.05) is 16.7 Å². The van der Waals surface area contributed by atoms with E-state index in [-0.39, 0.29) is 5.91 Å². The molecule has 1 aliphatic rings. The molecule has 19 heavy (non-hydrogen) atoms. The smallest absolute Gasteiger partial charge is 0.267 e. The van der Waals surface area contributed by atoms with Crippen LogP contribution in [0, 0.1) is 0 Å². The van der Waals surface area contributed by atoms with Crippen molar-refractivity contribution in [3.05, 3.63) is 4.88 Å². The van der Waals surface area contributed by atoms with Gasteiger partial charge >= 0.3 is 0 Å². The Morgan fingerprint density at radius 2 is 2.00 bits per heavy atom. The van der Waals surface area contributed by atoms with Gasteiger partial charge in [-0.15, -0.1) is 0 Å². The zero-order valence-electron chi connectivity index (χ0n) is 11.4. The number of nitrogens with zero attached hydrogens (tertiary/aromatic N) is 3. The van der Waals surface area contributed by atoms with E-state index in [1.165, 1.54) is 11.3 Å². The molecule has 1 fully saturated rings. The third kappa shape index (κ3) is 3.14. The van der Waals surface area contributed by atoms with Crippen molar-refractivity contribution in [3.8, 4) is 0 Å². The highest BCUT2D eigenvalue weighted by Crippen LogP contribution is 2.29. The number of anilines is 2. The maximum absolute atomic E-state index is 12.4. The summed E-state index contributed by atoms with van der Waals surface area (Å²) in [6.45, 7) is 7.51. The van der Waals surface area contributed by atoms with Crippen LogP contribution in [0.25, 0.3) is 0 Å². The van der Waals surface area contributed by atoms with Gasteiger partial charge in [0.1, 0.15) is 10.7 Å². The molecule has 2 rings (SSSR count). The van der Waals surface area contributed by atoms with E-state index in [0.717, 1.165) is 42.8 Å². The maximum Gasteiger partial charge on any atom is 0.267 e. The molecular weight excluding hydrogens is 280 g/mol. The van der Waals surface area contributed by atoms with Crippen molar-refractivity contribution in [2.24, 2.45) is 0 Å². The molecule has 1 aromatic heterocycles. The van der Waals surface area contributed by atoms with E-state index in [9.17, 15) is 4.79 Å². The Morgan fingerprint density at radius 1 is 1.37 bits per heavy atom. The molecule has 0 unspecified atom stereocenters. The van der Waals surface area contributed by atoms with Crippen molar-refractivity contribution < 1.29 is 4.79 Å². The summed E-state index contributed by atoms with van der Waals surface area (Å²) in [7, 11) is 0. The van der Waals surface area contributed by atoms with Crippen LogP contribution in [-0.2, 0) is 0 Å². The quantitative estimate of drug-likeness (QED) is 0.918. The van der Waals surface area contributed by atoms with Gasteiger partial charge in [-0.3, -0.25) is 4.79 Å². The minimum Gasteiger partial charge on any atom is -0.382 e. The van der Waals surface area contributed by atoms with Crippen LogP contribution in [0.4, 0.5) is 10.9 Å². The Balaban J connectivity index is 2.17. The molecule has 0 aromatic carbocycles. The number of carbonyl (C=O) groups is 1. The lowest BCUT2D eigenvalue weighted by molar-refractivity contribution is 0.0778. The van der Waals surface area contributed by atoms with Gasteiger partial charge in [-0.05, 0) is 13.8 Å². The van der Waals surface area contributed by atoms with Crippen molar-refractivity contribution in [1.29, 1.82) is 0 Å². The average Bonchev–Trinajstić information content (AvgIpc) is 2.82. The highest BCUT2D eigenvalue weighted by Gasteiger charge is 2.24. The minimum absolute atomic E-state index is 0.0358. The molecule has 0 aliphatic carbocycles.